The van der Waals surface area contributed by atoms with Crippen LogP contribution in [0.15, 0.2) is 36.5 Å². The molecule has 0 aliphatic rings. The lowest BCUT2D eigenvalue weighted by Crippen LogP contribution is -2.14. The number of nitriles is 1. The average Bonchev–Trinajstić information content (AvgIpc) is 3.09. The van der Waals surface area contributed by atoms with Gasteiger partial charge in [-0.2, -0.15) is 10.2 Å². The maximum absolute atomic E-state index is 10.0. The SMILES string of the molecule is Cc1nc(N)nc(NC(C)c2nc3ccn(C)c3cc2-c2ccc(O)c(O)c2)c1C#N. The lowest BCUT2D eigenvalue weighted by atomic mass is 9.99. The van der Waals surface area contributed by atoms with Crippen molar-refractivity contribution in [1.82, 2.24) is 19.5 Å². The molecule has 31 heavy (non-hydrogen) atoms. The Hall–Kier alpha value is -4.32. The molecule has 1 unspecified atom stereocenters. The minimum absolute atomic E-state index is 0.0707. The van der Waals surface area contributed by atoms with Crippen LogP contribution in [0.1, 0.15) is 29.9 Å². The van der Waals surface area contributed by atoms with E-state index in [1.54, 1.807) is 13.0 Å². The minimum atomic E-state index is -0.364. The van der Waals surface area contributed by atoms with Crippen molar-refractivity contribution in [2.75, 3.05) is 11.1 Å². The van der Waals surface area contributed by atoms with Crippen LogP contribution in [0.4, 0.5) is 11.8 Å². The lowest BCUT2D eigenvalue weighted by molar-refractivity contribution is 0.404. The fourth-order valence-electron chi connectivity index (χ4n) is 3.56. The molecule has 3 aromatic heterocycles. The van der Waals surface area contributed by atoms with E-state index < -0.39 is 0 Å². The molecular weight excluding hydrogens is 394 g/mol. The number of benzene rings is 1. The molecule has 1 atom stereocenters. The maximum Gasteiger partial charge on any atom is 0.222 e. The Morgan fingerprint density at radius 1 is 1.13 bits per heavy atom. The van der Waals surface area contributed by atoms with Crippen molar-refractivity contribution in [3.8, 4) is 28.7 Å². The van der Waals surface area contributed by atoms with Crippen LogP contribution in [0.3, 0.4) is 0 Å². The van der Waals surface area contributed by atoms with E-state index in [0.717, 1.165) is 16.6 Å². The van der Waals surface area contributed by atoms with Gasteiger partial charge in [-0.1, -0.05) is 6.07 Å². The number of fused-ring (bicyclic) bond motifs is 1. The predicted molar refractivity (Wildman–Crippen MR) is 117 cm³/mol. The summed E-state index contributed by atoms with van der Waals surface area (Å²) in [7, 11) is 1.93. The van der Waals surface area contributed by atoms with Crippen LogP contribution in [-0.2, 0) is 7.05 Å². The van der Waals surface area contributed by atoms with Crippen LogP contribution in [0, 0.1) is 18.3 Å². The number of aromatic nitrogens is 4. The Balaban J connectivity index is 1.86. The molecular formula is C22H21N7O2. The number of aryl methyl sites for hydroxylation is 2. The van der Waals surface area contributed by atoms with E-state index in [2.05, 4.69) is 21.4 Å². The molecule has 156 valence electrons. The van der Waals surface area contributed by atoms with E-state index in [0.29, 0.717) is 28.3 Å². The smallest absolute Gasteiger partial charge is 0.222 e. The van der Waals surface area contributed by atoms with Gasteiger partial charge in [0.2, 0.25) is 5.95 Å². The van der Waals surface area contributed by atoms with Crippen LogP contribution in [-0.4, -0.2) is 29.7 Å². The normalized spacial score (nSPS) is 11.9. The first-order valence-corrected chi connectivity index (χ1v) is 9.57. The molecule has 1 aromatic carbocycles. The summed E-state index contributed by atoms with van der Waals surface area (Å²) in [6.45, 7) is 3.60. The maximum atomic E-state index is 10.0. The topological polar surface area (TPSA) is 146 Å². The van der Waals surface area contributed by atoms with Gasteiger partial charge in [0, 0.05) is 18.8 Å². The Labute approximate surface area is 178 Å². The number of phenolic OH excluding ortho intramolecular Hbond substituents is 2. The van der Waals surface area contributed by atoms with E-state index in [1.807, 2.05) is 36.9 Å². The van der Waals surface area contributed by atoms with E-state index in [4.69, 9.17) is 10.7 Å². The second kappa shape index (κ2) is 7.50. The molecule has 4 aromatic rings. The van der Waals surface area contributed by atoms with Crippen LogP contribution < -0.4 is 11.1 Å². The van der Waals surface area contributed by atoms with Gasteiger partial charge in [0.1, 0.15) is 17.5 Å². The van der Waals surface area contributed by atoms with Crippen LogP contribution in [0.2, 0.25) is 0 Å². The lowest BCUT2D eigenvalue weighted by Gasteiger charge is -2.20. The molecule has 9 nitrogen and oxygen atoms in total. The van der Waals surface area contributed by atoms with Gasteiger partial charge in [-0.05, 0) is 43.7 Å². The second-order valence-corrected chi connectivity index (χ2v) is 7.32. The monoisotopic (exact) mass is 415 g/mol. The van der Waals surface area contributed by atoms with Crippen molar-refractivity contribution < 1.29 is 10.2 Å². The van der Waals surface area contributed by atoms with Crippen molar-refractivity contribution in [3.05, 3.63) is 53.5 Å². The van der Waals surface area contributed by atoms with Gasteiger partial charge in [0.25, 0.3) is 0 Å². The number of phenols is 2. The van der Waals surface area contributed by atoms with Gasteiger partial charge in [-0.3, -0.25) is 0 Å². The highest BCUT2D eigenvalue weighted by atomic mass is 16.3. The summed E-state index contributed by atoms with van der Waals surface area (Å²) in [4.78, 5) is 13.1. The van der Waals surface area contributed by atoms with Gasteiger partial charge >= 0.3 is 0 Å². The fraction of sp³-hybridized carbons (Fsp3) is 0.182. The summed E-state index contributed by atoms with van der Waals surface area (Å²) < 4.78 is 1.95. The first-order chi connectivity index (χ1) is 14.8. The first-order valence-electron chi connectivity index (χ1n) is 9.57. The van der Waals surface area contributed by atoms with E-state index >= 15 is 0 Å². The quantitative estimate of drug-likeness (QED) is 0.371. The number of nitrogen functional groups attached to an aromatic ring is 1. The number of nitrogens with two attached hydrogens (primary N) is 1. The van der Waals surface area contributed by atoms with Crippen molar-refractivity contribution in [2.24, 2.45) is 7.05 Å². The highest BCUT2D eigenvalue weighted by Gasteiger charge is 2.20. The van der Waals surface area contributed by atoms with Crippen LogP contribution >= 0.6 is 0 Å². The predicted octanol–water partition coefficient (Wildman–Crippen LogP) is 3.38. The van der Waals surface area contributed by atoms with Crippen molar-refractivity contribution in [1.29, 1.82) is 5.26 Å². The first kappa shape index (κ1) is 20.0. The Kier molecular flexibility index (Phi) is 4.83. The fourth-order valence-corrected chi connectivity index (χ4v) is 3.56. The zero-order valence-corrected chi connectivity index (χ0v) is 17.2. The Bertz CT molecular complexity index is 1350. The Morgan fingerprint density at radius 2 is 1.90 bits per heavy atom. The van der Waals surface area contributed by atoms with Gasteiger partial charge in [-0.25, -0.2) is 9.97 Å². The van der Waals surface area contributed by atoms with Gasteiger partial charge in [-0.15, -0.1) is 0 Å². The molecule has 0 radical (unpaired) electrons. The number of pyridine rings is 1. The zero-order valence-electron chi connectivity index (χ0n) is 17.2. The number of nitrogens with one attached hydrogen (secondary N) is 1. The van der Waals surface area contributed by atoms with Gasteiger partial charge < -0.3 is 25.8 Å². The number of hydrogen-bond donors (Lipinski definition) is 4. The standard InChI is InChI=1S/C22H21N7O2/c1-11-15(10-23)21(28-22(24)26-11)25-12(2)20-14(13-4-5-18(30)19(31)8-13)9-17-16(27-20)6-7-29(17)3/h4-9,12,30-31H,1-3H3,(H3,24,25,26,28). The summed E-state index contributed by atoms with van der Waals surface area (Å²) in [6.07, 6.45) is 1.92. The number of rotatable bonds is 4. The number of aromatic hydroxyl groups is 2. The number of nitrogens with zero attached hydrogens (tertiary/aromatic N) is 5. The molecule has 9 heteroatoms. The van der Waals surface area contributed by atoms with Gasteiger partial charge in [0.15, 0.2) is 11.5 Å². The second-order valence-electron chi connectivity index (χ2n) is 7.32. The zero-order chi connectivity index (χ0) is 22.3. The van der Waals surface area contributed by atoms with Crippen molar-refractivity contribution >= 4 is 22.8 Å². The molecule has 0 saturated carbocycles. The average molecular weight is 415 g/mol. The summed E-state index contributed by atoms with van der Waals surface area (Å²) in [5, 5.41) is 32.5. The molecule has 0 aliphatic heterocycles. The highest BCUT2D eigenvalue weighted by molar-refractivity contribution is 5.84. The Morgan fingerprint density at radius 3 is 2.61 bits per heavy atom. The summed E-state index contributed by atoms with van der Waals surface area (Å²) in [5.41, 5.74) is 10.4. The van der Waals surface area contributed by atoms with E-state index in [9.17, 15) is 15.5 Å². The molecule has 0 bridgehead atoms. The third-order valence-corrected chi connectivity index (χ3v) is 5.17. The third kappa shape index (κ3) is 3.55. The van der Waals surface area contributed by atoms with Crippen LogP contribution in [0.25, 0.3) is 22.2 Å². The number of anilines is 2. The molecule has 0 fully saturated rings. The van der Waals surface area contributed by atoms with E-state index in [-0.39, 0.29) is 23.5 Å². The summed E-state index contributed by atoms with van der Waals surface area (Å²) >= 11 is 0. The molecule has 3 heterocycles. The van der Waals surface area contributed by atoms with Crippen LogP contribution in [0.5, 0.6) is 11.5 Å². The molecule has 0 amide bonds. The summed E-state index contributed by atoms with van der Waals surface area (Å²) in [6, 6.07) is 10.3. The molecule has 5 N–H and O–H groups in total. The highest BCUT2D eigenvalue weighted by Crippen LogP contribution is 2.36. The largest absolute Gasteiger partial charge is 0.504 e. The van der Waals surface area contributed by atoms with Crippen molar-refractivity contribution in [2.45, 2.75) is 19.9 Å². The van der Waals surface area contributed by atoms with Crippen molar-refractivity contribution in [3.63, 3.8) is 0 Å². The molecule has 0 aliphatic carbocycles. The minimum Gasteiger partial charge on any atom is -0.504 e. The number of hydrogen-bond acceptors (Lipinski definition) is 8. The molecule has 0 spiro atoms. The molecule has 4 rings (SSSR count). The van der Waals surface area contributed by atoms with E-state index in [1.165, 1.54) is 12.1 Å². The van der Waals surface area contributed by atoms with Gasteiger partial charge in [0.05, 0.1) is 28.5 Å². The third-order valence-electron chi connectivity index (χ3n) is 5.17. The summed E-state index contributed by atoms with van der Waals surface area (Å²) in [5.74, 6) is -0.0206. The molecule has 0 saturated heterocycles.